The van der Waals surface area contributed by atoms with Crippen molar-refractivity contribution in [1.29, 1.82) is 0 Å². The van der Waals surface area contributed by atoms with Gasteiger partial charge in [0.25, 0.3) is 0 Å². The molecule has 4 N–H and O–H groups in total. The fourth-order valence-corrected chi connectivity index (χ4v) is 2.25. The van der Waals surface area contributed by atoms with Crippen LogP contribution in [0.15, 0.2) is 48.6 Å². The number of hydrogen-bond donors (Lipinski definition) is 2. The molecule has 27 heavy (non-hydrogen) atoms. The van der Waals surface area contributed by atoms with Gasteiger partial charge in [-0.3, -0.25) is 4.79 Å². The Bertz CT molecular complexity index is 465. The number of carboxylic acids is 1. The van der Waals surface area contributed by atoms with Crippen LogP contribution in [0.4, 0.5) is 0 Å². The van der Waals surface area contributed by atoms with Gasteiger partial charge in [-0.05, 0) is 58.3 Å². The Balaban J connectivity index is -0.00000288. The maximum atomic E-state index is 11.2. The second kappa shape index (κ2) is 19.4. The summed E-state index contributed by atoms with van der Waals surface area (Å²) in [6.45, 7) is 7.81. The Hall–Kier alpha value is -1.32. The average molecular weight is 400 g/mol. The molecule has 1 unspecified atom stereocenters. The van der Waals surface area contributed by atoms with Crippen molar-refractivity contribution in [3.8, 4) is 0 Å². The quantitative estimate of drug-likeness (QED) is 0.232. The van der Waals surface area contributed by atoms with Crippen LogP contribution in [0.1, 0.15) is 79.1 Å². The van der Waals surface area contributed by atoms with Crippen LogP contribution in [0.5, 0.6) is 0 Å². The first kappa shape index (κ1) is 30.4. The van der Waals surface area contributed by atoms with Crippen LogP contribution in [0.3, 0.4) is 0 Å². The fourth-order valence-electron chi connectivity index (χ4n) is 2.25. The number of hydrogen-bond acceptors (Lipinski definition) is 2. The van der Waals surface area contributed by atoms with Crippen molar-refractivity contribution in [2.75, 3.05) is 0 Å². The van der Waals surface area contributed by atoms with E-state index >= 15 is 0 Å². The third-order valence-electron chi connectivity index (χ3n) is 4.73. The molecule has 1 atom stereocenters. The van der Waals surface area contributed by atoms with E-state index in [0.717, 1.165) is 25.7 Å². The summed E-state index contributed by atoms with van der Waals surface area (Å²) in [7, 11) is 0. The van der Waals surface area contributed by atoms with Crippen LogP contribution in [-0.2, 0) is 4.79 Å². The van der Waals surface area contributed by atoms with Crippen LogP contribution in [0.25, 0.3) is 0 Å². The highest BCUT2D eigenvalue weighted by Gasteiger charge is 2.32. The zero-order valence-electron chi connectivity index (χ0n) is 17.8. The van der Waals surface area contributed by atoms with Gasteiger partial charge in [0.05, 0.1) is 5.41 Å². The average Bonchev–Trinajstić information content (AvgIpc) is 2.57. The van der Waals surface area contributed by atoms with E-state index in [1.165, 1.54) is 25.7 Å². The molecule has 0 radical (unpaired) electrons. The summed E-state index contributed by atoms with van der Waals surface area (Å²) in [5.74, 6) is -0.598. The minimum Gasteiger partial charge on any atom is -0.481 e. The van der Waals surface area contributed by atoms with Gasteiger partial charge in [0.15, 0.2) is 0 Å². The summed E-state index contributed by atoms with van der Waals surface area (Å²) in [6.07, 6.45) is 26.3. The van der Waals surface area contributed by atoms with Gasteiger partial charge >= 0.3 is 5.97 Å². The van der Waals surface area contributed by atoms with Gasteiger partial charge in [-0.1, -0.05) is 75.3 Å². The number of aliphatic carboxylic acids is 1. The topological polar surface area (TPSA) is 72.3 Å². The maximum absolute atomic E-state index is 11.2. The smallest absolute Gasteiger partial charge is 0.309 e. The lowest BCUT2D eigenvalue weighted by molar-refractivity contribution is -0.149. The highest BCUT2D eigenvalue weighted by molar-refractivity contribution is 5.85. The molecule has 0 heterocycles. The van der Waals surface area contributed by atoms with E-state index in [2.05, 4.69) is 55.5 Å². The highest BCUT2D eigenvalue weighted by atomic mass is 35.5. The number of unbranched alkanes of at least 4 members (excludes halogenated alkanes) is 3. The summed E-state index contributed by atoms with van der Waals surface area (Å²) < 4.78 is 0. The molecule has 0 fully saturated rings. The highest BCUT2D eigenvalue weighted by Crippen LogP contribution is 2.29. The lowest BCUT2D eigenvalue weighted by atomic mass is 9.78. The van der Waals surface area contributed by atoms with Gasteiger partial charge in [0.2, 0.25) is 0 Å². The second-order valence-corrected chi connectivity index (χ2v) is 7.25. The third kappa shape index (κ3) is 16.6. The second-order valence-electron chi connectivity index (χ2n) is 7.25. The minimum absolute atomic E-state index is 0. The van der Waals surface area contributed by atoms with E-state index in [1.807, 2.05) is 6.92 Å². The molecule has 0 aliphatic heterocycles. The molecule has 0 aromatic rings. The molecule has 158 valence electrons. The molecular formula is C23H42ClNO2. The normalized spacial score (nSPS) is 13.3. The first-order valence-electron chi connectivity index (χ1n) is 9.76. The van der Waals surface area contributed by atoms with Crippen LogP contribution in [0.2, 0.25) is 0 Å². The summed E-state index contributed by atoms with van der Waals surface area (Å²) in [5, 5.41) is 9.19. The largest absolute Gasteiger partial charge is 0.481 e. The number of halogens is 1. The molecule has 0 saturated carbocycles. The molecule has 0 bridgehead atoms. The van der Waals surface area contributed by atoms with Gasteiger partial charge in [-0.25, -0.2) is 0 Å². The van der Waals surface area contributed by atoms with Crippen LogP contribution in [0, 0.1) is 11.3 Å². The number of carbonyl (C=O) groups is 1. The zero-order chi connectivity index (χ0) is 19.0. The van der Waals surface area contributed by atoms with Gasteiger partial charge < -0.3 is 11.3 Å². The standard InChI is InChI=1S/C23H38O2.ClH.H3N/c1-5-6-7-8-9-10-11-12-13-14-15-16-17-18-19-20-21(2)23(3,4)22(24)25;;/h9-10,12-13,15-16,18-19,21H,5-8,11,14,17,20H2,1-4H3,(H,24,25);1H;1H3/b10-9-,13-12-,16-15-,19-18-;;. The van der Waals surface area contributed by atoms with Gasteiger partial charge in [0, 0.05) is 0 Å². The summed E-state index contributed by atoms with van der Waals surface area (Å²) in [6, 6.07) is 0. The van der Waals surface area contributed by atoms with E-state index in [9.17, 15) is 9.90 Å². The molecule has 0 amide bonds. The molecular weight excluding hydrogens is 358 g/mol. The van der Waals surface area contributed by atoms with Crippen LogP contribution in [-0.4, -0.2) is 11.1 Å². The van der Waals surface area contributed by atoms with E-state index in [-0.39, 0.29) is 24.5 Å². The van der Waals surface area contributed by atoms with Crippen molar-refractivity contribution in [3.05, 3.63) is 48.6 Å². The Kier molecular flexibility index (Phi) is 21.9. The monoisotopic (exact) mass is 399 g/mol. The first-order valence-corrected chi connectivity index (χ1v) is 9.76. The summed E-state index contributed by atoms with van der Waals surface area (Å²) in [4.78, 5) is 11.2. The van der Waals surface area contributed by atoms with Crippen molar-refractivity contribution in [2.24, 2.45) is 11.3 Å². The molecule has 0 aliphatic rings. The van der Waals surface area contributed by atoms with Crippen LogP contribution < -0.4 is 6.15 Å². The predicted octanol–water partition coefficient (Wildman–Crippen LogP) is 7.68. The SMILES string of the molecule is CCCCC/C=C\C/C=C\C/C=C\C/C=C\CC(C)C(C)(C)C(=O)O.Cl.N. The van der Waals surface area contributed by atoms with E-state index in [4.69, 9.17) is 0 Å². The van der Waals surface area contributed by atoms with E-state index in [1.54, 1.807) is 13.8 Å². The Morgan fingerprint density at radius 3 is 1.78 bits per heavy atom. The number of rotatable bonds is 14. The van der Waals surface area contributed by atoms with Gasteiger partial charge in [0.1, 0.15) is 0 Å². The third-order valence-corrected chi connectivity index (χ3v) is 4.73. The van der Waals surface area contributed by atoms with Gasteiger partial charge in [-0.15, -0.1) is 12.4 Å². The Morgan fingerprint density at radius 2 is 1.33 bits per heavy atom. The van der Waals surface area contributed by atoms with Crippen molar-refractivity contribution >= 4 is 18.4 Å². The zero-order valence-corrected chi connectivity index (χ0v) is 18.6. The van der Waals surface area contributed by atoms with Crippen LogP contribution >= 0.6 is 12.4 Å². The molecule has 0 spiro atoms. The summed E-state index contributed by atoms with van der Waals surface area (Å²) in [5.41, 5.74) is -0.671. The van der Waals surface area contributed by atoms with E-state index in [0.29, 0.717) is 0 Å². The van der Waals surface area contributed by atoms with Crippen molar-refractivity contribution < 1.29 is 9.90 Å². The Morgan fingerprint density at radius 1 is 0.889 bits per heavy atom. The first-order chi connectivity index (χ1) is 11.9. The number of allylic oxidation sites excluding steroid dienone is 8. The Labute approximate surface area is 173 Å². The maximum Gasteiger partial charge on any atom is 0.309 e. The van der Waals surface area contributed by atoms with Crippen molar-refractivity contribution in [3.63, 3.8) is 0 Å². The van der Waals surface area contributed by atoms with Crippen molar-refractivity contribution in [2.45, 2.75) is 79.1 Å². The van der Waals surface area contributed by atoms with E-state index < -0.39 is 11.4 Å². The minimum atomic E-state index is -0.726. The molecule has 0 rings (SSSR count). The lowest BCUT2D eigenvalue weighted by Gasteiger charge is -2.26. The lowest BCUT2D eigenvalue weighted by Crippen LogP contribution is -2.30. The molecule has 3 nitrogen and oxygen atoms in total. The van der Waals surface area contributed by atoms with Gasteiger partial charge in [-0.2, -0.15) is 0 Å². The summed E-state index contributed by atoms with van der Waals surface area (Å²) >= 11 is 0. The fraction of sp³-hybridized carbons (Fsp3) is 0.609. The molecule has 0 saturated heterocycles. The molecule has 0 aliphatic carbocycles. The molecule has 0 aromatic heterocycles. The predicted molar refractivity (Wildman–Crippen MR) is 122 cm³/mol. The number of carboxylic acid groups (broad SMARTS) is 1. The molecule has 4 heteroatoms. The van der Waals surface area contributed by atoms with Crippen molar-refractivity contribution in [1.82, 2.24) is 6.15 Å². The molecule has 0 aromatic carbocycles.